The van der Waals surface area contributed by atoms with E-state index in [0.29, 0.717) is 23.3 Å². The molecule has 0 spiro atoms. The van der Waals surface area contributed by atoms with Gasteiger partial charge in [-0.15, -0.1) is 0 Å². The van der Waals surface area contributed by atoms with Gasteiger partial charge < -0.3 is 0 Å². The SMILES string of the molecule is c1ccc(-c2cc(-c3ccc(-c4ccc5nc(-c6ccccc6)c6cccc(-c7ccccn7)c6c5c4)cc3)nc(-c3ccccc3)n2)cc1.c1ccc(-c2nc(-c3ccccc3)nc(-c3ccc(-c4ccc5nc(-c6ccccc6)c6cccc(-c7ccccn7)c6c5c4)cc3)n2)cc1.c1ccc(-c2nc3ccc(-c4ccc(-c5cc(-c6ccccn6)nc(-c6ccccn6)c5)cc4)cc3c3c(-c4ccccn4)cccc23)cc1. The van der Waals surface area contributed by atoms with E-state index < -0.39 is 0 Å². The molecule has 0 saturated carbocycles. The Morgan fingerprint density at radius 1 is 0.113 bits per heavy atom. The Morgan fingerprint density at radius 2 is 0.353 bits per heavy atom. The van der Waals surface area contributed by atoms with Crippen molar-refractivity contribution in [3.05, 3.63) is 534 Å². The molecule has 11 aromatic heterocycles. The van der Waals surface area contributed by atoms with E-state index in [4.69, 9.17) is 59.8 Å². The van der Waals surface area contributed by atoms with E-state index in [1.165, 1.54) is 0 Å². The monoisotopic (exact) mass is 1920 g/mol. The fraction of sp³-hybridized carbons (Fsp3) is 0. The van der Waals surface area contributed by atoms with Gasteiger partial charge in [0.2, 0.25) is 0 Å². The molecule has 27 aromatic rings. The minimum absolute atomic E-state index is 0.631. The van der Waals surface area contributed by atoms with E-state index >= 15 is 0 Å². The van der Waals surface area contributed by atoms with Crippen LogP contribution in [0.2, 0.25) is 0 Å². The zero-order valence-corrected chi connectivity index (χ0v) is 81.1. The Kier molecular flexibility index (Phi) is 24.9. The van der Waals surface area contributed by atoms with Crippen molar-refractivity contribution in [2.75, 3.05) is 0 Å². The molecule has 27 rings (SSSR count). The summed E-state index contributed by atoms with van der Waals surface area (Å²) in [6, 6.07) is 173. The van der Waals surface area contributed by atoms with E-state index in [-0.39, 0.29) is 0 Å². The Balaban J connectivity index is 0.000000116. The van der Waals surface area contributed by atoms with Gasteiger partial charge in [0.15, 0.2) is 23.3 Å². The average molecular weight is 1920 g/mol. The summed E-state index contributed by atoms with van der Waals surface area (Å²) < 4.78 is 0. The fourth-order valence-corrected chi connectivity index (χ4v) is 19.9. The van der Waals surface area contributed by atoms with Gasteiger partial charge in [-0.1, -0.05) is 388 Å². The van der Waals surface area contributed by atoms with Crippen LogP contribution in [-0.2, 0) is 0 Å². The molecule has 0 fully saturated rings. The molecular weight excluding hydrogens is 1830 g/mol. The number of pyridine rings is 9. The van der Waals surface area contributed by atoms with E-state index in [1.807, 2.05) is 207 Å². The van der Waals surface area contributed by atoms with Crippen LogP contribution in [-0.4, -0.2) is 69.8 Å². The van der Waals surface area contributed by atoms with Crippen LogP contribution >= 0.6 is 0 Å². The zero-order valence-electron chi connectivity index (χ0n) is 81.1. The van der Waals surface area contributed by atoms with E-state index in [9.17, 15) is 0 Å². The molecule has 0 aliphatic carbocycles. The normalized spacial score (nSPS) is 11.2. The van der Waals surface area contributed by atoms with Gasteiger partial charge >= 0.3 is 0 Å². The van der Waals surface area contributed by atoms with Crippen LogP contribution in [0.25, 0.3) is 268 Å². The summed E-state index contributed by atoms with van der Waals surface area (Å²) >= 11 is 0. The molecule has 14 heteroatoms. The van der Waals surface area contributed by atoms with Crippen molar-refractivity contribution in [3.63, 3.8) is 0 Å². The van der Waals surface area contributed by atoms with Crippen molar-refractivity contribution in [2.24, 2.45) is 0 Å². The topological polar surface area (TPSA) is 180 Å². The third-order valence-corrected chi connectivity index (χ3v) is 27.2. The second-order valence-corrected chi connectivity index (χ2v) is 36.5. The van der Waals surface area contributed by atoms with E-state index in [0.717, 1.165) is 245 Å². The molecule has 0 aliphatic heterocycles. The first kappa shape index (κ1) is 90.8. The molecule has 0 atom stereocenters. The molecule has 16 aromatic carbocycles. The van der Waals surface area contributed by atoms with Crippen molar-refractivity contribution in [2.45, 2.75) is 0 Å². The summed E-state index contributed by atoms with van der Waals surface area (Å²) in [6.45, 7) is 0. The molecule has 150 heavy (non-hydrogen) atoms. The molecule has 0 unspecified atom stereocenters. The van der Waals surface area contributed by atoms with Crippen LogP contribution in [0.1, 0.15) is 0 Å². The average Bonchev–Trinajstić information content (AvgIpc) is 0.745. The number of benzene rings is 16. The van der Waals surface area contributed by atoms with Gasteiger partial charge in [-0.2, -0.15) is 0 Å². The molecule has 0 N–H and O–H groups in total. The number of hydrogen-bond acceptors (Lipinski definition) is 14. The summed E-state index contributed by atoms with van der Waals surface area (Å²) in [6.07, 6.45) is 9.14. The van der Waals surface area contributed by atoms with E-state index in [1.54, 1.807) is 12.4 Å². The van der Waals surface area contributed by atoms with Gasteiger partial charge in [0.05, 0.1) is 84.9 Å². The summed E-state index contributed by atoms with van der Waals surface area (Å²) in [7, 11) is 0. The predicted molar refractivity (Wildman–Crippen MR) is 611 cm³/mol. The first-order valence-corrected chi connectivity index (χ1v) is 49.9. The maximum atomic E-state index is 5.23. The Morgan fingerprint density at radius 3 is 0.653 bits per heavy atom. The fourth-order valence-electron chi connectivity index (χ4n) is 19.9. The lowest BCUT2D eigenvalue weighted by Crippen LogP contribution is -2.00. The van der Waals surface area contributed by atoms with Gasteiger partial charge in [0.1, 0.15) is 0 Å². The Bertz CT molecular complexity index is 8530. The summed E-state index contributed by atoms with van der Waals surface area (Å²) in [4.78, 5) is 68.6. The van der Waals surface area contributed by atoms with Gasteiger partial charge in [0.25, 0.3) is 0 Å². The van der Waals surface area contributed by atoms with Crippen molar-refractivity contribution in [1.29, 1.82) is 0 Å². The van der Waals surface area contributed by atoms with Crippen molar-refractivity contribution in [1.82, 2.24) is 69.8 Å². The number of rotatable bonds is 18. The second kappa shape index (κ2) is 41.1. The van der Waals surface area contributed by atoms with Crippen LogP contribution in [0.5, 0.6) is 0 Å². The smallest absolute Gasteiger partial charge is 0.164 e. The van der Waals surface area contributed by atoms with Gasteiger partial charge in [-0.3, -0.25) is 24.9 Å². The highest BCUT2D eigenvalue weighted by molar-refractivity contribution is 6.20. The largest absolute Gasteiger partial charge is 0.256 e. The van der Waals surface area contributed by atoms with E-state index in [2.05, 4.69) is 325 Å². The van der Waals surface area contributed by atoms with Crippen molar-refractivity contribution >= 4 is 65.0 Å². The van der Waals surface area contributed by atoms with Gasteiger partial charge in [-0.25, -0.2) is 44.9 Å². The number of hydrogen-bond donors (Lipinski definition) is 0. The minimum atomic E-state index is 0.631. The predicted octanol–water partition coefficient (Wildman–Crippen LogP) is 33.5. The highest BCUT2D eigenvalue weighted by Crippen LogP contribution is 2.46. The van der Waals surface area contributed by atoms with Crippen LogP contribution in [0.15, 0.2) is 534 Å². The first-order chi connectivity index (χ1) is 74.3. The Hall–Kier alpha value is -20.5. The molecule has 0 amide bonds. The molecular formula is C136H88N14. The standard InChI is InChI=1S/C46H30N4.2C45H29N5/c1-4-13-32(14-5-1)42-30-43(50-46(49-42)35-17-8-3-9-18-35)33-24-22-31(23-25-33)36-26-27-41-39(29-36)44-37(40-21-10-11-28-47-40)19-12-20-38(44)45(48-41)34-15-6-2-7-16-34;1-4-13-31(14-5-1)42-37-20-12-19-36(39-21-10-11-28-46-39)41(37)38-29-35(26-27-40(38)47-42)30-22-24-34(25-23-30)45-49-43(32-15-6-2-7-16-32)48-44(50-45)33-17-8-3-9-18-33;1-2-11-32(12-3-1)45-36-14-10-13-35(38-15-4-7-24-46-38)44(36)37-27-33(22-23-39(37)50-45)30-18-20-31(21-19-30)34-28-42(40-16-5-8-25-47-40)49-43(29-34)41-17-6-9-26-48-41/h1-30H;2*1-29H. The number of aromatic nitrogens is 14. The van der Waals surface area contributed by atoms with Crippen LogP contribution < -0.4 is 0 Å². The zero-order chi connectivity index (χ0) is 99.8. The molecule has 0 radical (unpaired) electrons. The lowest BCUT2D eigenvalue weighted by atomic mass is 9.92. The lowest BCUT2D eigenvalue weighted by molar-refractivity contribution is 1.07. The second-order valence-electron chi connectivity index (χ2n) is 36.5. The Labute approximate surface area is 866 Å². The van der Waals surface area contributed by atoms with Crippen molar-refractivity contribution < 1.29 is 0 Å². The van der Waals surface area contributed by atoms with Gasteiger partial charge in [0, 0.05) is 146 Å². The maximum absolute atomic E-state index is 5.23. The molecule has 0 aliphatic rings. The quantitative estimate of drug-likeness (QED) is 0.0740. The van der Waals surface area contributed by atoms with Crippen molar-refractivity contribution in [3.8, 4) is 203 Å². The highest BCUT2D eigenvalue weighted by atomic mass is 15.0. The maximum Gasteiger partial charge on any atom is 0.164 e. The third-order valence-electron chi connectivity index (χ3n) is 27.2. The molecule has 0 bridgehead atoms. The number of fused-ring (bicyclic) bond motifs is 9. The van der Waals surface area contributed by atoms with Crippen LogP contribution in [0, 0.1) is 0 Å². The molecule has 14 nitrogen and oxygen atoms in total. The summed E-state index contributed by atoms with van der Waals surface area (Å²) in [5.41, 5.74) is 34.8. The van der Waals surface area contributed by atoms with Crippen LogP contribution in [0.3, 0.4) is 0 Å². The minimum Gasteiger partial charge on any atom is -0.256 e. The first-order valence-electron chi connectivity index (χ1n) is 49.9. The molecule has 702 valence electrons. The number of nitrogens with zero attached hydrogens (tertiary/aromatic N) is 14. The molecule has 0 saturated heterocycles. The highest BCUT2D eigenvalue weighted by Gasteiger charge is 2.24. The summed E-state index contributed by atoms with van der Waals surface area (Å²) in [5, 5.41) is 10.0. The summed E-state index contributed by atoms with van der Waals surface area (Å²) in [5.74, 6) is 2.63. The van der Waals surface area contributed by atoms with Gasteiger partial charge in [-0.05, 0) is 160 Å². The third kappa shape index (κ3) is 18.7. The lowest BCUT2D eigenvalue weighted by Gasteiger charge is -2.15. The molecule has 11 heterocycles. The van der Waals surface area contributed by atoms with Crippen LogP contribution in [0.4, 0.5) is 0 Å².